The molecule has 0 saturated heterocycles. The van der Waals surface area contributed by atoms with Crippen LogP contribution in [0.3, 0.4) is 0 Å². The molecule has 1 atom stereocenters. The molecule has 2 rings (SSSR count). The average molecular weight is 258 g/mol. The largest absolute Gasteiger partial charge is 0.271 e. The Morgan fingerprint density at radius 3 is 2.58 bits per heavy atom. The molecule has 0 amide bonds. The predicted octanol–water partition coefficient (Wildman–Crippen LogP) is 2.96. The van der Waals surface area contributed by atoms with Crippen LogP contribution in [0.2, 0.25) is 0 Å². The summed E-state index contributed by atoms with van der Waals surface area (Å²) >= 11 is 0. The van der Waals surface area contributed by atoms with Crippen molar-refractivity contribution in [3.63, 3.8) is 0 Å². The summed E-state index contributed by atoms with van der Waals surface area (Å²) in [7, 11) is 0. The fourth-order valence-corrected chi connectivity index (χ4v) is 2.54. The Hall–Kier alpha value is -1.52. The Morgan fingerprint density at radius 2 is 1.89 bits per heavy atom. The van der Waals surface area contributed by atoms with Crippen LogP contribution in [0, 0.1) is 5.92 Å². The molecule has 0 aliphatic carbocycles. The SMILES string of the molecule is CCC(CC)CC(NN)c1cccc2nccnc12. The van der Waals surface area contributed by atoms with Gasteiger partial charge in [0, 0.05) is 18.4 Å². The molecule has 19 heavy (non-hydrogen) atoms. The number of hydrazine groups is 1. The predicted molar refractivity (Wildman–Crippen MR) is 78.3 cm³/mol. The molecule has 0 radical (unpaired) electrons. The highest BCUT2D eigenvalue weighted by Gasteiger charge is 2.17. The van der Waals surface area contributed by atoms with Crippen molar-refractivity contribution in [2.45, 2.75) is 39.2 Å². The molecule has 0 spiro atoms. The van der Waals surface area contributed by atoms with Crippen molar-refractivity contribution in [3.05, 3.63) is 36.2 Å². The van der Waals surface area contributed by atoms with Crippen LogP contribution in [-0.2, 0) is 0 Å². The second-order valence-electron chi connectivity index (χ2n) is 4.91. The summed E-state index contributed by atoms with van der Waals surface area (Å²) in [5, 5.41) is 0. The molecule has 102 valence electrons. The summed E-state index contributed by atoms with van der Waals surface area (Å²) in [5.41, 5.74) is 5.95. The molecule has 0 saturated carbocycles. The molecule has 1 aromatic heterocycles. The van der Waals surface area contributed by atoms with E-state index in [0.717, 1.165) is 23.0 Å². The minimum Gasteiger partial charge on any atom is -0.271 e. The van der Waals surface area contributed by atoms with Crippen LogP contribution < -0.4 is 11.3 Å². The normalized spacial score (nSPS) is 13.1. The number of aromatic nitrogens is 2. The summed E-state index contributed by atoms with van der Waals surface area (Å²) in [6.07, 6.45) is 6.82. The third-order valence-electron chi connectivity index (χ3n) is 3.83. The van der Waals surface area contributed by atoms with E-state index in [-0.39, 0.29) is 6.04 Å². The first-order valence-electron chi connectivity index (χ1n) is 6.95. The van der Waals surface area contributed by atoms with E-state index in [1.54, 1.807) is 12.4 Å². The van der Waals surface area contributed by atoms with Crippen molar-refractivity contribution in [3.8, 4) is 0 Å². The molecule has 0 aliphatic rings. The van der Waals surface area contributed by atoms with Crippen LogP contribution in [0.4, 0.5) is 0 Å². The monoisotopic (exact) mass is 258 g/mol. The van der Waals surface area contributed by atoms with Crippen molar-refractivity contribution in [1.29, 1.82) is 0 Å². The van der Waals surface area contributed by atoms with Gasteiger partial charge < -0.3 is 0 Å². The van der Waals surface area contributed by atoms with Crippen LogP contribution >= 0.6 is 0 Å². The van der Waals surface area contributed by atoms with Crippen LogP contribution in [0.5, 0.6) is 0 Å². The van der Waals surface area contributed by atoms with E-state index in [0.29, 0.717) is 5.92 Å². The van der Waals surface area contributed by atoms with Crippen molar-refractivity contribution in [2.75, 3.05) is 0 Å². The van der Waals surface area contributed by atoms with Gasteiger partial charge in [-0.15, -0.1) is 0 Å². The molecule has 1 heterocycles. The lowest BCUT2D eigenvalue weighted by molar-refractivity contribution is 0.376. The first-order valence-corrected chi connectivity index (χ1v) is 6.95. The van der Waals surface area contributed by atoms with Gasteiger partial charge in [0.25, 0.3) is 0 Å². The lowest BCUT2D eigenvalue weighted by atomic mass is 9.91. The third-order valence-corrected chi connectivity index (χ3v) is 3.83. The van der Waals surface area contributed by atoms with Gasteiger partial charge in [-0.25, -0.2) is 0 Å². The number of fused-ring (bicyclic) bond motifs is 1. The van der Waals surface area contributed by atoms with Crippen molar-refractivity contribution in [2.24, 2.45) is 11.8 Å². The number of nitrogens with one attached hydrogen (secondary N) is 1. The Morgan fingerprint density at radius 1 is 1.16 bits per heavy atom. The lowest BCUT2D eigenvalue weighted by Gasteiger charge is -2.22. The Bertz CT molecular complexity index is 517. The maximum atomic E-state index is 5.76. The smallest absolute Gasteiger partial charge is 0.0935 e. The van der Waals surface area contributed by atoms with Gasteiger partial charge in [0.2, 0.25) is 0 Å². The van der Waals surface area contributed by atoms with E-state index < -0.39 is 0 Å². The molecular weight excluding hydrogens is 236 g/mol. The fraction of sp³-hybridized carbons (Fsp3) is 0.467. The van der Waals surface area contributed by atoms with Crippen molar-refractivity contribution >= 4 is 11.0 Å². The van der Waals surface area contributed by atoms with E-state index in [2.05, 4.69) is 35.3 Å². The van der Waals surface area contributed by atoms with Gasteiger partial charge in [0.15, 0.2) is 0 Å². The minimum absolute atomic E-state index is 0.130. The molecule has 0 aliphatic heterocycles. The van der Waals surface area contributed by atoms with Gasteiger partial charge in [-0.2, -0.15) is 0 Å². The Labute approximate surface area is 114 Å². The number of para-hydroxylation sites is 1. The molecule has 1 aromatic carbocycles. The van der Waals surface area contributed by atoms with Gasteiger partial charge in [0.1, 0.15) is 0 Å². The molecular formula is C15H22N4. The molecule has 1 unspecified atom stereocenters. The zero-order chi connectivity index (χ0) is 13.7. The summed E-state index contributed by atoms with van der Waals surface area (Å²) in [6.45, 7) is 4.45. The maximum absolute atomic E-state index is 5.76. The van der Waals surface area contributed by atoms with Gasteiger partial charge in [-0.1, -0.05) is 38.8 Å². The van der Waals surface area contributed by atoms with E-state index in [4.69, 9.17) is 5.84 Å². The van der Waals surface area contributed by atoms with Crippen LogP contribution in [0.15, 0.2) is 30.6 Å². The second-order valence-corrected chi connectivity index (χ2v) is 4.91. The average Bonchev–Trinajstić information content (AvgIpc) is 2.48. The number of benzene rings is 1. The van der Waals surface area contributed by atoms with Gasteiger partial charge in [-0.05, 0) is 24.0 Å². The molecule has 3 N–H and O–H groups in total. The van der Waals surface area contributed by atoms with Gasteiger partial charge in [-0.3, -0.25) is 21.2 Å². The van der Waals surface area contributed by atoms with Gasteiger partial charge in [0.05, 0.1) is 11.0 Å². The number of nitrogens with two attached hydrogens (primary N) is 1. The summed E-state index contributed by atoms with van der Waals surface area (Å²) in [5.74, 6) is 6.43. The summed E-state index contributed by atoms with van der Waals surface area (Å²) in [6, 6.07) is 6.22. The van der Waals surface area contributed by atoms with E-state index in [1.807, 2.05) is 12.1 Å². The minimum atomic E-state index is 0.130. The third kappa shape index (κ3) is 3.08. The molecule has 4 heteroatoms. The van der Waals surface area contributed by atoms with Crippen molar-refractivity contribution < 1.29 is 0 Å². The second kappa shape index (κ2) is 6.59. The first kappa shape index (κ1) is 13.9. The van der Waals surface area contributed by atoms with E-state index in [1.165, 1.54) is 12.8 Å². The zero-order valence-electron chi connectivity index (χ0n) is 11.6. The molecule has 0 bridgehead atoms. The van der Waals surface area contributed by atoms with Gasteiger partial charge >= 0.3 is 0 Å². The Balaban J connectivity index is 2.35. The summed E-state index contributed by atoms with van der Waals surface area (Å²) in [4.78, 5) is 8.80. The number of hydrogen-bond donors (Lipinski definition) is 2. The highest BCUT2D eigenvalue weighted by atomic mass is 15.2. The standard InChI is InChI=1S/C15H22N4/c1-3-11(4-2)10-14(19-16)12-6-5-7-13-15(12)18-9-8-17-13/h5-9,11,14,19H,3-4,10,16H2,1-2H3. The van der Waals surface area contributed by atoms with Crippen LogP contribution in [0.25, 0.3) is 11.0 Å². The van der Waals surface area contributed by atoms with Crippen LogP contribution in [0.1, 0.15) is 44.7 Å². The zero-order valence-corrected chi connectivity index (χ0v) is 11.6. The lowest BCUT2D eigenvalue weighted by Crippen LogP contribution is -2.30. The van der Waals surface area contributed by atoms with E-state index >= 15 is 0 Å². The first-order chi connectivity index (χ1) is 9.30. The topological polar surface area (TPSA) is 63.8 Å². The highest BCUT2D eigenvalue weighted by molar-refractivity contribution is 5.78. The fourth-order valence-electron chi connectivity index (χ4n) is 2.54. The highest BCUT2D eigenvalue weighted by Crippen LogP contribution is 2.28. The quantitative estimate of drug-likeness (QED) is 0.617. The van der Waals surface area contributed by atoms with Crippen LogP contribution in [-0.4, -0.2) is 9.97 Å². The maximum Gasteiger partial charge on any atom is 0.0935 e. The summed E-state index contributed by atoms with van der Waals surface area (Å²) < 4.78 is 0. The number of rotatable bonds is 6. The molecule has 2 aromatic rings. The number of nitrogens with zero attached hydrogens (tertiary/aromatic N) is 2. The molecule has 0 fully saturated rings. The number of hydrogen-bond acceptors (Lipinski definition) is 4. The molecule has 4 nitrogen and oxygen atoms in total. The van der Waals surface area contributed by atoms with Crippen molar-refractivity contribution in [1.82, 2.24) is 15.4 Å². The van der Waals surface area contributed by atoms with E-state index in [9.17, 15) is 0 Å². The Kier molecular flexibility index (Phi) is 4.82.